The van der Waals surface area contributed by atoms with Gasteiger partial charge in [-0.2, -0.15) is 5.10 Å². The highest BCUT2D eigenvalue weighted by molar-refractivity contribution is 7.89. The lowest BCUT2D eigenvalue weighted by atomic mass is 10.2. The van der Waals surface area contributed by atoms with Gasteiger partial charge < -0.3 is 4.74 Å². The van der Waals surface area contributed by atoms with Crippen molar-refractivity contribution in [1.29, 1.82) is 0 Å². The minimum absolute atomic E-state index is 0.125. The number of benzene rings is 1. The predicted octanol–water partition coefficient (Wildman–Crippen LogP) is 1.29. The standard InChI is InChI=1S/C17H17N5O3S/c1-22-13(9-15(21-22)16-11-18-5-6-19-16)10-20-26(23,24)14-2-3-17-12(8-14)4-7-25-17/h2-3,5-6,8-9,11,20H,4,7,10H2,1H3. The summed E-state index contributed by atoms with van der Waals surface area (Å²) in [4.78, 5) is 8.46. The zero-order valence-electron chi connectivity index (χ0n) is 14.1. The molecule has 2 aromatic heterocycles. The average molecular weight is 371 g/mol. The smallest absolute Gasteiger partial charge is 0.240 e. The summed E-state index contributed by atoms with van der Waals surface area (Å²) >= 11 is 0. The predicted molar refractivity (Wildman–Crippen MR) is 93.9 cm³/mol. The van der Waals surface area contributed by atoms with Gasteiger partial charge in [0, 0.05) is 25.9 Å². The molecule has 3 heterocycles. The van der Waals surface area contributed by atoms with Crippen molar-refractivity contribution in [2.75, 3.05) is 6.61 Å². The normalized spacial score (nSPS) is 13.4. The van der Waals surface area contributed by atoms with Gasteiger partial charge in [0.15, 0.2) is 0 Å². The van der Waals surface area contributed by atoms with E-state index in [4.69, 9.17) is 4.74 Å². The molecule has 0 atom stereocenters. The largest absolute Gasteiger partial charge is 0.493 e. The Labute approximate surface area is 150 Å². The zero-order chi connectivity index (χ0) is 18.1. The van der Waals surface area contributed by atoms with E-state index in [-0.39, 0.29) is 11.4 Å². The van der Waals surface area contributed by atoms with Gasteiger partial charge in [-0.05, 0) is 29.8 Å². The van der Waals surface area contributed by atoms with E-state index in [0.29, 0.717) is 18.0 Å². The van der Waals surface area contributed by atoms with Crippen molar-refractivity contribution in [3.8, 4) is 17.1 Å². The van der Waals surface area contributed by atoms with Gasteiger partial charge in [-0.25, -0.2) is 13.1 Å². The summed E-state index contributed by atoms with van der Waals surface area (Å²) in [6.45, 7) is 0.714. The molecule has 8 nitrogen and oxygen atoms in total. The molecule has 0 saturated heterocycles. The maximum atomic E-state index is 12.6. The Hall–Kier alpha value is -2.78. The van der Waals surface area contributed by atoms with Crippen molar-refractivity contribution in [2.24, 2.45) is 7.05 Å². The number of sulfonamides is 1. The molecule has 0 radical (unpaired) electrons. The third kappa shape index (κ3) is 3.18. The van der Waals surface area contributed by atoms with Crippen LogP contribution in [0.15, 0.2) is 47.8 Å². The number of rotatable bonds is 5. The van der Waals surface area contributed by atoms with Crippen LogP contribution in [0.1, 0.15) is 11.3 Å². The van der Waals surface area contributed by atoms with E-state index in [1.807, 2.05) is 0 Å². The topological polar surface area (TPSA) is 99.0 Å². The second-order valence-electron chi connectivity index (χ2n) is 5.93. The summed E-state index contributed by atoms with van der Waals surface area (Å²) in [5.74, 6) is 0.754. The molecule has 0 spiro atoms. The molecule has 0 bridgehead atoms. The van der Waals surface area contributed by atoms with Crippen molar-refractivity contribution in [1.82, 2.24) is 24.5 Å². The van der Waals surface area contributed by atoms with E-state index >= 15 is 0 Å². The van der Waals surface area contributed by atoms with E-state index in [1.54, 1.807) is 54.6 Å². The van der Waals surface area contributed by atoms with Gasteiger partial charge in [-0.3, -0.25) is 14.6 Å². The molecule has 9 heteroatoms. The Kier molecular flexibility index (Phi) is 4.17. The molecule has 26 heavy (non-hydrogen) atoms. The SMILES string of the molecule is Cn1nc(-c2cnccn2)cc1CNS(=O)(=O)c1ccc2c(c1)CCO2. The minimum atomic E-state index is -3.63. The van der Waals surface area contributed by atoms with Gasteiger partial charge in [0.25, 0.3) is 0 Å². The Morgan fingerprint density at radius 2 is 2.12 bits per heavy atom. The molecular weight excluding hydrogens is 354 g/mol. The molecular formula is C17H17N5O3S. The molecule has 3 aromatic rings. The van der Waals surface area contributed by atoms with Crippen LogP contribution < -0.4 is 9.46 Å². The van der Waals surface area contributed by atoms with Crippen LogP contribution in [-0.2, 0) is 30.0 Å². The Balaban J connectivity index is 1.52. The van der Waals surface area contributed by atoms with E-state index in [2.05, 4.69) is 19.8 Å². The van der Waals surface area contributed by atoms with Crippen LogP contribution in [0.4, 0.5) is 0 Å². The fraction of sp³-hybridized carbons (Fsp3) is 0.235. The van der Waals surface area contributed by atoms with Gasteiger partial charge in [-0.1, -0.05) is 0 Å². The fourth-order valence-electron chi connectivity index (χ4n) is 2.81. The first-order valence-electron chi connectivity index (χ1n) is 8.08. The number of hydrogen-bond acceptors (Lipinski definition) is 6. The Morgan fingerprint density at radius 3 is 2.92 bits per heavy atom. The second kappa shape index (κ2) is 6.50. The monoisotopic (exact) mass is 371 g/mol. The summed E-state index contributed by atoms with van der Waals surface area (Å²) in [6, 6.07) is 6.72. The highest BCUT2D eigenvalue weighted by atomic mass is 32.2. The highest BCUT2D eigenvalue weighted by Crippen LogP contribution is 2.27. The quantitative estimate of drug-likeness (QED) is 0.726. The minimum Gasteiger partial charge on any atom is -0.493 e. The first-order valence-corrected chi connectivity index (χ1v) is 9.56. The second-order valence-corrected chi connectivity index (χ2v) is 7.69. The lowest BCUT2D eigenvalue weighted by Gasteiger charge is -2.08. The number of ether oxygens (including phenoxy) is 1. The van der Waals surface area contributed by atoms with Crippen LogP contribution in [0.25, 0.3) is 11.4 Å². The molecule has 4 rings (SSSR count). The van der Waals surface area contributed by atoms with Crippen LogP contribution in [0.3, 0.4) is 0 Å². The van der Waals surface area contributed by atoms with Gasteiger partial charge in [0.05, 0.1) is 29.9 Å². The van der Waals surface area contributed by atoms with Crippen LogP contribution in [-0.4, -0.2) is 34.8 Å². The lowest BCUT2D eigenvalue weighted by Crippen LogP contribution is -2.24. The summed E-state index contributed by atoms with van der Waals surface area (Å²) in [5, 5.41) is 4.36. The lowest BCUT2D eigenvalue weighted by molar-refractivity contribution is 0.356. The third-order valence-corrected chi connectivity index (χ3v) is 5.62. The summed E-state index contributed by atoms with van der Waals surface area (Å²) in [7, 11) is -1.87. The first-order chi connectivity index (χ1) is 12.5. The maximum absolute atomic E-state index is 12.6. The van der Waals surface area contributed by atoms with Crippen molar-refractivity contribution < 1.29 is 13.2 Å². The van der Waals surface area contributed by atoms with Crippen molar-refractivity contribution in [3.63, 3.8) is 0 Å². The average Bonchev–Trinajstić information content (AvgIpc) is 3.26. The molecule has 0 aliphatic carbocycles. The molecule has 1 aromatic carbocycles. The van der Waals surface area contributed by atoms with Crippen LogP contribution in [0.5, 0.6) is 5.75 Å². The third-order valence-electron chi connectivity index (χ3n) is 4.22. The van der Waals surface area contributed by atoms with Crippen LogP contribution >= 0.6 is 0 Å². The van der Waals surface area contributed by atoms with Crippen molar-refractivity contribution >= 4 is 10.0 Å². The van der Waals surface area contributed by atoms with Crippen molar-refractivity contribution in [3.05, 3.63) is 54.1 Å². The van der Waals surface area contributed by atoms with E-state index in [9.17, 15) is 8.42 Å². The molecule has 0 fully saturated rings. The number of nitrogens with one attached hydrogen (secondary N) is 1. The molecule has 1 aliphatic heterocycles. The summed E-state index contributed by atoms with van der Waals surface area (Å²) in [5.41, 5.74) is 2.91. The van der Waals surface area contributed by atoms with E-state index in [1.165, 1.54) is 0 Å². The molecule has 1 aliphatic rings. The molecule has 1 N–H and O–H groups in total. The van der Waals surface area contributed by atoms with E-state index in [0.717, 1.165) is 23.4 Å². The molecule has 0 saturated carbocycles. The highest BCUT2D eigenvalue weighted by Gasteiger charge is 2.20. The molecule has 0 amide bonds. The zero-order valence-corrected chi connectivity index (χ0v) is 14.9. The fourth-order valence-corrected chi connectivity index (χ4v) is 3.86. The number of hydrogen-bond donors (Lipinski definition) is 1. The number of fused-ring (bicyclic) bond motifs is 1. The number of aryl methyl sites for hydroxylation is 1. The number of nitrogens with zero attached hydrogens (tertiary/aromatic N) is 4. The van der Waals surface area contributed by atoms with Gasteiger partial charge in [0.2, 0.25) is 10.0 Å². The van der Waals surface area contributed by atoms with Crippen molar-refractivity contribution in [2.45, 2.75) is 17.9 Å². The van der Waals surface area contributed by atoms with E-state index < -0.39 is 10.0 Å². The molecule has 134 valence electrons. The number of aromatic nitrogens is 4. The van der Waals surface area contributed by atoms with Gasteiger partial charge in [-0.15, -0.1) is 0 Å². The van der Waals surface area contributed by atoms with Gasteiger partial charge in [0.1, 0.15) is 17.1 Å². The van der Waals surface area contributed by atoms with Crippen LogP contribution in [0, 0.1) is 0 Å². The summed E-state index contributed by atoms with van der Waals surface area (Å²) < 4.78 is 34.8. The Bertz CT molecular complexity index is 1050. The first kappa shape index (κ1) is 16.7. The summed E-state index contributed by atoms with van der Waals surface area (Å²) in [6.07, 6.45) is 5.51. The Morgan fingerprint density at radius 1 is 1.23 bits per heavy atom. The van der Waals surface area contributed by atoms with Gasteiger partial charge >= 0.3 is 0 Å². The molecule has 0 unspecified atom stereocenters. The van der Waals surface area contributed by atoms with Crippen LogP contribution in [0.2, 0.25) is 0 Å². The maximum Gasteiger partial charge on any atom is 0.240 e.